The van der Waals surface area contributed by atoms with Crippen LogP contribution in [0.15, 0.2) is 194 Å². The number of nitrogens with zero attached hydrogens (tertiary/aromatic N) is 4. The highest BCUT2D eigenvalue weighted by atomic mass is 32.1. The average molecular weight is 769 g/mol. The van der Waals surface area contributed by atoms with Crippen LogP contribution in [0.25, 0.3) is 120 Å². The minimum absolute atomic E-state index is 0.649. The summed E-state index contributed by atoms with van der Waals surface area (Å²) in [6.07, 6.45) is 0. The Labute approximate surface area is 342 Å². The molecule has 0 spiro atoms. The molecular weight excluding hydrogens is 737 g/mol. The fourth-order valence-electron chi connectivity index (χ4n) is 9.44. The molecule has 0 bridgehead atoms. The predicted molar refractivity (Wildman–Crippen MR) is 249 cm³/mol. The first-order chi connectivity index (χ1) is 29.2. The van der Waals surface area contributed by atoms with Crippen molar-refractivity contribution in [1.82, 2.24) is 19.1 Å². The van der Waals surface area contributed by atoms with E-state index in [0.29, 0.717) is 5.95 Å². The summed E-state index contributed by atoms with van der Waals surface area (Å²) in [6.45, 7) is 0. The second-order valence-corrected chi connectivity index (χ2v) is 16.4. The number of benzene rings is 9. The Morgan fingerprint density at radius 1 is 0.356 bits per heavy atom. The number of hydrogen-bond donors (Lipinski definition) is 0. The van der Waals surface area contributed by atoms with Crippen LogP contribution in [0.1, 0.15) is 0 Å². The second-order valence-electron chi connectivity index (χ2n) is 15.4. The molecule has 0 radical (unpaired) electrons. The molecule has 0 unspecified atom stereocenters. The Bertz CT molecular complexity index is 3720. The molecule has 4 heterocycles. The van der Waals surface area contributed by atoms with E-state index in [4.69, 9.17) is 9.97 Å². The van der Waals surface area contributed by atoms with Crippen LogP contribution in [-0.2, 0) is 0 Å². The lowest BCUT2D eigenvalue weighted by Gasteiger charge is -2.12. The number of thiophene rings is 1. The van der Waals surface area contributed by atoms with Crippen LogP contribution in [-0.4, -0.2) is 19.1 Å². The van der Waals surface area contributed by atoms with Gasteiger partial charge in [-0.15, -0.1) is 11.3 Å². The quantitative estimate of drug-likeness (QED) is 0.164. The van der Waals surface area contributed by atoms with Gasteiger partial charge in [0.15, 0.2) is 0 Å². The number of para-hydroxylation sites is 1. The molecule has 13 aromatic rings. The first kappa shape index (κ1) is 32.5. The molecule has 59 heavy (non-hydrogen) atoms. The van der Waals surface area contributed by atoms with Crippen molar-refractivity contribution in [2.45, 2.75) is 0 Å². The molecule has 5 heteroatoms. The molecule has 4 aromatic heterocycles. The lowest BCUT2D eigenvalue weighted by Crippen LogP contribution is -2.03. The van der Waals surface area contributed by atoms with Gasteiger partial charge in [-0.05, 0) is 76.5 Å². The van der Waals surface area contributed by atoms with Crippen LogP contribution in [0, 0.1) is 0 Å². The van der Waals surface area contributed by atoms with Crippen LogP contribution in [0.3, 0.4) is 0 Å². The van der Waals surface area contributed by atoms with E-state index in [-0.39, 0.29) is 0 Å². The predicted octanol–water partition coefficient (Wildman–Crippen LogP) is 14.6. The molecule has 0 aliphatic heterocycles. The van der Waals surface area contributed by atoms with Crippen LogP contribution >= 0.6 is 11.3 Å². The highest BCUT2D eigenvalue weighted by Crippen LogP contribution is 2.45. The van der Waals surface area contributed by atoms with Crippen molar-refractivity contribution in [2.75, 3.05) is 0 Å². The summed E-state index contributed by atoms with van der Waals surface area (Å²) in [5.74, 6) is 0.649. The van der Waals surface area contributed by atoms with Crippen molar-refractivity contribution in [3.05, 3.63) is 194 Å². The molecule has 0 aliphatic rings. The van der Waals surface area contributed by atoms with Crippen molar-refractivity contribution < 1.29 is 0 Å². The van der Waals surface area contributed by atoms with Crippen molar-refractivity contribution >= 4 is 85.9 Å². The standard InChI is InChI=1S/C54H32N4S/c1-3-13-33(14-4-1)43-32-44(34-15-5-2-6-16-34)56-54(55-43)58-45-21-9-7-18-39(45)42-30-36(27-28-46(42)58)38-29-37-26-25-35-17-11-22-47-51(35)52(37)49(31-38)57(47)48-23-12-20-41-40-19-8-10-24-50(40)59-53(41)48/h1-32H. The highest BCUT2D eigenvalue weighted by Gasteiger charge is 2.22. The Kier molecular flexibility index (Phi) is 6.85. The molecule has 0 saturated heterocycles. The molecule has 9 aromatic carbocycles. The van der Waals surface area contributed by atoms with Gasteiger partial charge in [0, 0.05) is 48.1 Å². The maximum atomic E-state index is 5.25. The molecule has 13 rings (SSSR count). The SMILES string of the molecule is c1ccc(-c2cc(-c3ccccc3)nc(-n3c4ccccc4c4cc(-c5cc6ccc7cccc8c7c6c(c5)n8-c5cccc6c5sc5ccccc56)ccc43)n2)cc1. The first-order valence-electron chi connectivity index (χ1n) is 20.0. The van der Waals surface area contributed by atoms with Gasteiger partial charge in [-0.3, -0.25) is 4.57 Å². The van der Waals surface area contributed by atoms with E-state index < -0.39 is 0 Å². The van der Waals surface area contributed by atoms with Gasteiger partial charge in [0.25, 0.3) is 0 Å². The summed E-state index contributed by atoms with van der Waals surface area (Å²) in [7, 11) is 0. The molecule has 0 amide bonds. The van der Waals surface area contributed by atoms with Gasteiger partial charge in [-0.25, -0.2) is 9.97 Å². The summed E-state index contributed by atoms with van der Waals surface area (Å²) < 4.78 is 7.36. The van der Waals surface area contributed by atoms with Gasteiger partial charge in [-0.1, -0.05) is 140 Å². The van der Waals surface area contributed by atoms with Crippen LogP contribution in [0.2, 0.25) is 0 Å². The average Bonchev–Trinajstić information content (AvgIpc) is 3.97. The molecule has 274 valence electrons. The number of hydrogen-bond acceptors (Lipinski definition) is 3. The Morgan fingerprint density at radius 2 is 1.00 bits per heavy atom. The van der Waals surface area contributed by atoms with Gasteiger partial charge in [-0.2, -0.15) is 0 Å². The maximum Gasteiger partial charge on any atom is 0.235 e. The van der Waals surface area contributed by atoms with Crippen molar-refractivity contribution in [3.63, 3.8) is 0 Å². The maximum absolute atomic E-state index is 5.25. The van der Waals surface area contributed by atoms with Gasteiger partial charge >= 0.3 is 0 Å². The lowest BCUT2D eigenvalue weighted by molar-refractivity contribution is 0.995. The third kappa shape index (κ3) is 4.83. The zero-order valence-electron chi connectivity index (χ0n) is 31.7. The minimum Gasteiger partial charge on any atom is -0.308 e. The van der Waals surface area contributed by atoms with Crippen LogP contribution < -0.4 is 0 Å². The zero-order valence-corrected chi connectivity index (χ0v) is 32.5. The summed E-state index contributed by atoms with van der Waals surface area (Å²) in [6, 6.07) is 70.0. The summed E-state index contributed by atoms with van der Waals surface area (Å²) in [5.41, 5.74) is 12.0. The largest absolute Gasteiger partial charge is 0.308 e. The Balaban J connectivity index is 1.05. The fourth-order valence-corrected chi connectivity index (χ4v) is 10.7. The van der Waals surface area contributed by atoms with Crippen molar-refractivity contribution in [3.8, 4) is 45.3 Å². The molecule has 0 N–H and O–H groups in total. The van der Waals surface area contributed by atoms with Gasteiger partial charge in [0.2, 0.25) is 5.95 Å². The van der Waals surface area contributed by atoms with Gasteiger partial charge in [0.05, 0.1) is 43.8 Å². The summed E-state index contributed by atoms with van der Waals surface area (Å²) in [4.78, 5) is 10.5. The van der Waals surface area contributed by atoms with Crippen molar-refractivity contribution in [1.29, 1.82) is 0 Å². The lowest BCUT2D eigenvalue weighted by atomic mass is 9.96. The van der Waals surface area contributed by atoms with E-state index in [0.717, 1.165) is 44.3 Å². The van der Waals surface area contributed by atoms with E-state index in [2.05, 4.69) is 191 Å². The molecule has 0 aliphatic carbocycles. The molecule has 4 nitrogen and oxygen atoms in total. The number of rotatable bonds is 5. The van der Waals surface area contributed by atoms with Gasteiger partial charge in [0.1, 0.15) is 0 Å². The van der Waals surface area contributed by atoms with E-state index in [1.54, 1.807) is 0 Å². The van der Waals surface area contributed by atoms with Gasteiger partial charge < -0.3 is 4.57 Å². The topological polar surface area (TPSA) is 35.6 Å². The highest BCUT2D eigenvalue weighted by molar-refractivity contribution is 7.26. The first-order valence-corrected chi connectivity index (χ1v) is 20.8. The zero-order chi connectivity index (χ0) is 38.6. The third-order valence-electron chi connectivity index (χ3n) is 12.1. The van der Waals surface area contributed by atoms with Crippen molar-refractivity contribution in [2.24, 2.45) is 0 Å². The normalized spacial score (nSPS) is 12.1. The summed E-state index contributed by atoms with van der Waals surface area (Å²) in [5, 5.41) is 10.1. The van der Waals surface area contributed by atoms with Crippen LogP contribution in [0.5, 0.6) is 0 Å². The molecule has 0 saturated carbocycles. The van der Waals surface area contributed by atoms with E-state index >= 15 is 0 Å². The Hall–Kier alpha value is -7.60. The van der Waals surface area contributed by atoms with E-state index in [1.807, 2.05) is 23.5 Å². The third-order valence-corrected chi connectivity index (χ3v) is 13.3. The fraction of sp³-hybridized carbons (Fsp3) is 0. The molecule has 0 atom stereocenters. The smallest absolute Gasteiger partial charge is 0.235 e. The number of aromatic nitrogens is 4. The van der Waals surface area contributed by atoms with E-state index in [9.17, 15) is 0 Å². The second kappa shape index (κ2) is 12.4. The minimum atomic E-state index is 0.649. The molecular formula is C54H32N4S. The molecule has 0 fully saturated rings. The summed E-state index contributed by atoms with van der Waals surface area (Å²) >= 11 is 1.88. The van der Waals surface area contributed by atoms with E-state index in [1.165, 1.54) is 69.6 Å². The number of fused-ring (bicyclic) bond motifs is 6. The van der Waals surface area contributed by atoms with Crippen LogP contribution in [0.4, 0.5) is 0 Å². The monoisotopic (exact) mass is 768 g/mol. The Morgan fingerprint density at radius 3 is 1.81 bits per heavy atom.